The second-order valence-corrected chi connectivity index (χ2v) is 6.88. The Labute approximate surface area is 165 Å². The molecule has 0 radical (unpaired) electrons. The van der Waals surface area contributed by atoms with E-state index in [0.29, 0.717) is 33.5 Å². The van der Waals surface area contributed by atoms with Crippen LogP contribution in [0.3, 0.4) is 0 Å². The lowest BCUT2D eigenvalue weighted by Gasteiger charge is -2.15. The third kappa shape index (κ3) is 4.77. The van der Waals surface area contributed by atoms with Gasteiger partial charge in [-0.25, -0.2) is 14.2 Å². The van der Waals surface area contributed by atoms with Crippen LogP contribution in [0.25, 0.3) is 6.08 Å². The SMILES string of the molecule is CCC(Oc1ccccc1/C=C1/SC(=Nc2ccc(F)cc2)NC1=O)C(=O)O. The number of benzene rings is 2. The maximum absolute atomic E-state index is 13.0. The number of nitrogens with one attached hydrogen (secondary N) is 1. The molecule has 0 bridgehead atoms. The minimum absolute atomic E-state index is 0.309. The van der Waals surface area contributed by atoms with E-state index in [9.17, 15) is 19.1 Å². The second kappa shape index (κ2) is 8.71. The first-order chi connectivity index (χ1) is 13.5. The van der Waals surface area contributed by atoms with E-state index in [1.54, 1.807) is 37.3 Å². The highest BCUT2D eigenvalue weighted by molar-refractivity contribution is 8.18. The molecule has 8 heteroatoms. The van der Waals surface area contributed by atoms with Crippen molar-refractivity contribution in [2.75, 3.05) is 0 Å². The number of carbonyl (C=O) groups excluding carboxylic acids is 1. The van der Waals surface area contributed by atoms with Gasteiger partial charge in [0, 0.05) is 5.56 Å². The molecule has 144 valence electrons. The summed E-state index contributed by atoms with van der Waals surface area (Å²) < 4.78 is 18.6. The highest BCUT2D eigenvalue weighted by atomic mass is 32.2. The van der Waals surface area contributed by atoms with Crippen LogP contribution in [-0.4, -0.2) is 28.3 Å². The van der Waals surface area contributed by atoms with Gasteiger partial charge in [0.05, 0.1) is 10.6 Å². The number of aliphatic carboxylic acids is 1. The van der Waals surface area contributed by atoms with Crippen LogP contribution in [0.5, 0.6) is 5.75 Å². The number of halogens is 1. The summed E-state index contributed by atoms with van der Waals surface area (Å²) in [6, 6.07) is 12.5. The van der Waals surface area contributed by atoms with Crippen molar-refractivity contribution >= 4 is 40.6 Å². The number of thioether (sulfide) groups is 1. The van der Waals surface area contributed by atoms with Crippen LogP contribution >= 0.6 is 11.8 Å². The summed E-state index contributed by atoms with van der Waals surface area (Å²) >= 11 is 1.14. The Hall–Kier alpha value is -3.13. The van der Waals surface area contributed by atoms with E-state index in [4.69, 9.17) is 4.74 Å². The lowest BCUT2D eigenvalue weighted by Crippen LogP contribution is -2.26. The van der Waals surface area contributed by atoms with Gasteiger partial charge in [-0.3, -0.25) is 4.79 Å². The first kappa shape index (κ1) is 19.6. The average Bonchev–Trinajstić information content (AvgIpc) is 3.01. The van der Waals surface area contributed by atoms with Gasteiger partial charge >= 0.3 is 5.97 Å². The fourth-order valence-corrected chi connectivity index (χ4v) is 3.26. The van der Waals surface area contributed by atoms with Crippen LogP contribution in [0.2, 0.25) is 0 Å². The van der Waals surface area contributed by atoms with Crippen LogP contribution in [0.1, 0.15) is 18.9 Å². The molecular formula is C20H17FN2O4S. The number of para-hydroxylation sites is 1. The Bertz CT molecular complexity index is 957. The van der Waals surface area contributed by atoms with Gasteiger partial charge in [0.2, 0.25) is 0 Å². The van der Waals surface area contributed by atoms with Crippen LogP contribution in [0.4, 0.5) is 10.1 Å². The van der Waals surface area contributed by atoms with Crippen molar-refractivity contribution in [1.82, 2.24) is 5.32 Å². The van der Waals surface area contributed by atoms with Gasteiger partial charge in [0.15, 0.2) is 11.3 Å². The smallest absolute Gasteiger partial charge is 0.344 e. The van der Waals surface area contributed by atoms with Crippen molar-refractivity contribution in [1.29, 1.82) is 0 Å². The zero-order chi connectivity index (χ0) is 20.1. The van der Waals surface area contributed by atoms with Gasteiger partial charge in [-0.05, 0) is 54.6 Å². The lowest BCUT2D eigenvalue weighted by atomic mass is 10.1. The minimum Gasteiger partial charge on any atom is -0.479 e. The summed E-state index contributed by atoms with van der Waals surface area (Å²) in [5.74, 6) is -1.37. The first-order valence-electron chi connectivity index (χ1n) is 8.50. The maximum atomic E-state index is 13.0. The third-order valence-electron chi connectivity index (χ3n) is 3.83. The highest BCUT2D eigenvalue weighted by Gasteiger charge is 2.25. The number of carboxylic acid groups (broad SMARTS) is 1. The van der Waals surface area contributed by atoms with Crippen molar-refractivity contribution in [3.63, 3.8) is 0 Å². The number of amidine groups is 1. The molecule has 1 amide bonds. The van der Waals surface area contributed by atoms with E-state index < -0.39 is 12.1 Å². The fourth-order valence-electron chi connectivity index (χ4n) is 2.42. The van der Waals surface area contributed by atoms with Crippen molar-refractivity contribution in [2.24, 2.45) is 4.99 Å². The lowest BCUT2D eigenvalue weighted by molar-refractivity contribution is -0.145. The molecule has 0 spiro atoms. The molecule has 1 fully saturated rings. The molecule has 0 aliphatic carbocycles. The monoisotopic (exact) mass is 400 g/mol. The van der Waals surface area contributed by atoms with Gasteiger partial charge in [-0.2, -0.15) is 0 Å². The van der Waals surface area contributed by atoms with E-state index in [1.165, 1.54) is 24.3 Å². The summed E-state index contributed by atoms with van der Waals surface area (Å²) in [6.45, 7) is 1.72. The number of carboxylic acids is 1. The van der Waals surface area contributed by atoms with Crippen molar-refractivity contribution in [3.8, 4) is 5.75 Å². The van der Waals surface area contributed by atoms with E-state index >= 15 is 0 Å². The molecule has 2 aromatic carbocycles. The minimum atomic E-state index is -1.05. The number of hydrogen-bond donors (Lipinski definition) is 2. The van der Waals surface area contributed by atoms with Gasteiger partial charge in [-0.1, -0.05) is 25.1 Å². The fraction of sp³-hybridized carbons (Fsp3) is 0.150. The standard InChI is InChI=1S/C20H17FN2O4S/c1-2-15(19(25)26)27-16-6-4-3-5-12(16)11-17-18(24)23-20(28-17)22-14-9-7-13(21)8-10-14/h3-11,15H,2H2,1H3,(H,25,26)(H,22,23,24)/b17-11+. The normalized spacial score (nSPS) is 17.6. The maximum Gasteiger partial charge on any atom is 0.344 e. The van der Waals surface area contributed by atoms with E-state index in [0.717, 1.165) is 11.8 Å². The second-order valence-electron chi connectivity index (χ2n) is 5.85. The summed E-state index contributed by atoms with van der Waals surface area (Å²) in [5, 5.41) is 12.2. The number of hydrogen-bond acceptors (Lipinski definition) is 5. The van der Waals surface area contributed by atoms with E-state index in [2.05, 4.69) is 10.3 Å². The van der Waals surface area contributed by atoms with E-state index in [-0.39, 0.29) is 11.7 Å². The zero-order valence-electron chi connectivity index (χ0n) is 14.9. The molecule has 3 rings (SSSR count). The molecule has 1 aliphatic rings. The number of aliphatic imine (C=N–C) groups is 1. The molecule has 2 aromatic rings. The number of carbonyl (C=O) groups is 2. The first-order valence-corrected chi connectivity index (χ1v) is 9.31. The summed E-state index contributed by atoms with van der Waals surface area (Å²) in [7, 11) is 0. The van der Waals surface area contributed by atoms with Gasteiger partial charge < -0.3 is 15.2 Å². The van der Waals surface area contributed by atoms with Crippen LogP contribution in [0, 0.1) is 5.82 Å². The largest absolute Gasteiger partial charge is 0.479 e. The molecule has 0 aromatic heterocycles. The Kier molecular flexibility index (Phi) is 6.10. The molecule has 1 saturated heterocycles. The molecule has 28 heavy (non-hydrogen) atoms. The van der Waals surface area contributed by atoms with Crippen LogP contribution in [-0.2, 0) is 9.59 Å². The molecule has 6 nitrogen and oxygen atoms in total. The number of rotatable bonds is 6. The number of ether oxygens (including phenoxy) is 1. The van der Waals surface area contributed by atoms with Crippen molar-refractivity contribution in [2.45, 2.75) is 19.4 Å². The number of amides is 1. The molecular weight excluding hydrogens is 383 g/mol. The molecule has 1 atom stereocenters. The molecule has 1 heterocycles. The van der Waals surface area contributed by atoms with Crippen molar-refractivity contribution < 1.29 is 23.8 Å². The molecule has 1 unspecified atom stereocenters. The Morgan fingerprint density at radius 2 is 2.00 bits per heavy atom. The summed E-state index contributed by atoms with van der Waals surface area (Å²) in [5.41, 5.74) is 1.10. The average molecular weight is 400 g/mol. The Morgan fingerprint density at radius 3 is 2.68 bits per heavy atom. The number of nitrogens with zero attached hydrogens (tertiary/aromatic N) is 1. The Morgan fingerprint density at radius 1 is 1.29 bits per heavy atom. The van der Waals surface area contributed by atoms with E-state index in [1.807, 2.05) is 0 Å². The molecule has 0 saturated carbocycles. The predicted molar refractivity (Wildman–Crippen MR) is 106 cm³/mol. The van der Waals surface area contributed by atoms with Gasteiger partial charge in [0.1, 0.15) is 11.6 Å². The van der Waals surface area contributed by atoms with Crippen molar-refractivity contribution in [3.05, 3.63) is 64.8 Å². The van der Waals surface area contributed by atoms with Gasteiger partial charge in [0.25, 0.3) is 5.91 Å². The third-order valence-corrected chi connectivity index (χ3v) is 4.74. The summed E-state index contributed by atoms with van der Waals surface area (Å²) in [6.07, 6.45) is 0.960. The quantitative estimate of drug-likeness (QED) is 0.717. The van der Waals surface area contributed by atoms with Crippen LogP contribution < -0.4 is 10.1 Å². The molecule has 2 N–H and O–H groups in total. The predicted octanol–water partition coefficient (Wildman–Crippen LogP) is 3.96. The summed E-state index contributed by atoms with van der Waals surface area (Å²) in [4.78, 5) is 28.2. The molecule has 1 aliphatic heterocycles. The topological polar surface area (TPSA) is 88.0 Å². The van der Waals surface area contributed by atoms with Gasteiger partial charge in [-0.15, -0.1) is 0 Å². The zero-order valence-corrected chi connectivity index (χ0v) is 15.7. The van der Waals surface area contributed by atoms with Crippen LogP contribution in [0.15, 0.2) is 58.4 Å². The Balaban J connectivity index is 1.83. The highest BCUT2D eigenvalue weighted by Crippen LogP contribution is 2.31.